The van der Waals surface area contributed by atoms with E-state index in [1.54, 1.807) is 7.11 Å². The average Bonchev–Trinajstić information content (AvgIpc) is 2.54. The number of hydrogen-bond acceptors (Lipinski definition) is 3. The zero-order valence-corrected chi connectivity index (χ0v) is 13.5. The van der Waals surface area contributed by atoms with Gasteiger partial charge in [0.2, 0.25) is 0 Å². The Morgan fingerprint density at radius 2 is 2.14 bits per heavy atom. The Kier molecular flexibility index (Phi) is 4.46. The number of hydrogen-bond donors (Lipinski definition) is 1. The summed E-state index contributed by atoms with van der Waals surface area (Å²) >= 11 is 3.56. The number of rotatable bonds is 4. The van der Waals surface area contributed by atoms with Crippen LogP contribution in [0.15, 0.2) is 46.9 Å². The lowest BCUT2D eigenvalue weighted by Gasteiger charge is -2.26. The predicted octanol–water partition coefficient (Wildman–Crippen LogP) is 4.18. The third kappa shape index (κ3) is 3.22. The van der Waals surface area contributed by atoms with Crippen molar-refractivity contribution >= 4 is 21.6 Å². The second-order valence-corrected chi connectivity index (χ2v) is 5.89. The molecule has 2 aromatic rings. The molecule has 1 aliphatic rings. The Morgan fingerprint density at radius 3 is 3.00 bits per heavy atom. The predicted molar refractivity (Wildman–Crippen MR) is 88.0 cm³/mol. The first-order valence-electron chi connectivity index (χ1n) is 7.05. The first kappa shape index (κ1) is 14.4. The van der Waals surface area contributed by atoms with Gasteiger partial charge >= 0.3 is 0 Å². The van der Waals surface area contributed by atoms with E-state index < -0.39 is 0 Å². The van der Waals surface area contributed by atoms with Crippen LogP contribution in [-0.4, -0.2) is 20.3 Å². The van der Waals surface area contributed by atoms with Crippen LogP contribution in [-0.2, 0) is 11.2 Å². The molecule has 0 aromatic heterocycles. The number of fused-ring (bicyclic) bond motifs is 1. The van der Waals surface area contributed by atoms with E-state index in [1.807, 2.05) is 18.2 Å². The molecular formula is C17H18BrNO2. The third-order valence-corrected chi connectivity index (χ3v) is 4.44. The molecule has 3 nitrogen and oxygen atoms in total. The van der Waals surface area contributed by atoms with E-state index in [4.69, 9.17) is 9.47 Å². The zero-order chi connectivity index (χ0) is 14.7. The lowest BCUT2D eigenvalue weighted by atomic mass is 9.97. The Balaban J connectivity index is 1.74. The van der Waals surface area contributed by atoms with Crippen LogP contribution in [0.3, 0.4) is 0 Å². The van der Waals surface area contributed by atoms with E-state index in [0.717, 1.165) is 35.5 Å². The molecule has 1 unspecified atom stereocenters. The number of benzene rings is 2. The average molecular weight is 348 g/mol. The molecule has 0 spiro atoms. The summed E-state index contributed by atoms with van der Waals surface area (Å²) < 4.78 is 12.2. The van der Waals surface area contributed by atoms with Crippen LogP contribution < -0.4 is 10.1 Å². The standard InChI is InChI=1S/C17H18BrNO2/c1-20-13-6-7-15(18)16(10-13)19-11-17-14-5-3-2-4-12(14)8-9-21-17/h2-7,10,17,19H,8-9,11H2,1H3. The van der Waals surface area contributed by atoms with Crippen LogP contribution in [0.25, 0.3) is 0 Å². The first-order valence-corrected chi connectivity index (χ1v) is 7.84. The molecule has 1 heterocycles. The van der Waals surface area contributed by atoms with Crippen molar-refractivity contribution in [3.05, 3.63) is 58.1 Å². The number of nitrogens with one attached hydrogen (secondary N) is 1. The highest BCUT2D eigenvalue weighted by atomic mass is 79.9. The van der Waals surface area contributed by atoms with Gasteiger partial charge in [0.15, 0.2) is 0 Å². The highest BCUT2D eigenvalue weighted by Gasteiger charge is 2.20. The van der Waals surface area contributed by atoms with Crippen LogP contribution >= 0.6 is 15.9 Å². The van der Waals surface area contributed by atoms with Crippen molar-refractivity contribution in [2.24, 2.45) is 0 Å². The summed E-state index contributed by atoms with van der Waals surface area (Å²) in [6.07, 6.45) is 1.09. The van der Waals surface area contributed by atoms with E-state index in [-0.39, 0.29) is 6.10 Å². The molecular weight excluding hydrogens is 330 g/mol. The maximum atomic E-state index is 5.91. The molecule has 21 heavy (non-hydrogen) atoms. The van der Waals surface area contributed by atoms with E-state index in [0.29, 0.717) is 0 Å². The Labute approximate surface area is 133 Å². The molecule has 2 aromatic carbocycles. The third-order valence-electron chi connectivity index (χ3n) is 3.74. The van der Waals surface area contributed by atoms with Crippen LogP contribution in [0.2, 0.25) is 0 Å². The second kappa shape index (κ2) is 6.50. The van der Waals surface area contributed by atoms with Crippen LogP contribution in [0, 0.1) is 0 Å². The molecule has 1 N–H and O–H groups in total. The molecule has 1 atom stereocenters. The monoisotopic (exact) mass is 347 g/mol. The topological polar surface area (TPSA) is 30.5 Å². The van der Waals surface area contributed by atoms with Crippen molar-refractivity contribution in [1.29, 1.82) is 0 Å². The van der Waals surface area contributed by atoms with Gasteiger partial charge in [-0.1, -0.05) is 24.3 Å². The highest BCUT2D eigenvalue weighted by Crippen LogP contribution is 2.30. The Bertz CT molecular complexity index is 630. The first-order chi connectivity index (χ1) is 10.3. The Hall–Kier alpha value is -1.52. The molecule has 1 aliphatic heterocycles. The minimum absolute atomic E-state index is 0.0908. The van der Waals surface area contributed by atoms with Crippen molar-refractivity contribution in [1.82, 2.24) is 0 Å². The van der Waals surface area contributed by atoms with Crippen LogP contribution in [0.5, 0.6) is 5.75 Å². The molecule has 0 aliphatic carbocycles. The van der Waals surface area contributed by atoms with E-state index in [1.165, 1.54) is 11.1 Å². The van der Waals surface area contributed by atoms with Gasteiger partial charge < -0.3 is 14.8 Å². The van der Waals surface area contributed by atoms with Gasteiger partial charge in [-0.3, -0.25) is 0 Å². The highest BCUT2D eigenvalue weighted by molar-refractivity contribution is 9.10. The number of ether oxygens (including phenoxy) is 2. The molecule has 0 saturated carbocycles. The molecule has 0 fully saturated rings. The van der Waals surface area contributed by atoms with Gasteiger partial charge in [0, 0.05) is 17.1 Å². The van der Waals surface area contributed by atoms with Crippen molar-refractivity contribution in [2.75, 3.05) is 25.6 Å². The van der Waals surface area contributed by atoms with Crippen molar-refractivity contribution < 1.29 is 9.47 Å². The van der Waals surface area contributed by atoms with Gasteiger partial charge in [0.25, 0.3) is 0 Å². The van der Waals surface area contributed by atoms with E-state index in [9.17, 15) is 0 Å². The quantitative estimate of drug-likeness (QED) is 0.899. The lowest BCUT2D eigenvalue weighted by Crippen LogP contribution is -2.22. The van der Waals surface area contributed by atoms with E-state index >= 15 is 0 Å². The number of methoxy groups -OCH3 is 1. The summed E-state index contributed by atoms with van der Waals surface area (Å²) in [6.45, 7) is 1.52. The normalized spacial score (nSPS) is 17.1. The fourth-order valence-electron chi connectivity index (χ4n) is 2.62. The summed E-state index contributed by atoms with van der Waals surface area (Å²) in [4.78, 5) is 0. The van der Waals surface area contributed by atoms with Crippen molar-refractivity contribution in [3.63, 3.8) is 0 Å². The zero-order valence-electron chi connectivity index (χ0n) is 11.9. The SMILES string of the molecule is COc1ccc(Br)c(NCC2OCCc3ccccc32)c1. The van der Waals surface area contributed by atoms with Gasteiger partial charge in [0.05, 0.1) is 25.5 Å². The largest absolute Gasteiger partial charge is 0.497 e. The van der Waals surface area contributed by atoms with Gasteiger partial charge in [-0.05, 0) is 45.6 Å². The minimum Gasteiger partial charge on any atom is -0.497 e. The Morgan fingerprint density at radius 1 is 1.29 bits per heavy atom. The molecule has 0 saturated heterocycles. The van der Waals surface area contributed by atoms with Crippen molar-refractivity contribution in [3.8, 4) is 5.75 Å². The summed E-state index contributed by atoms with van der Waals surface area (Å²) in [7, 11) is 1.67. The second-order valence-electron chi connectivity index (χ2n) is 5.03. The summed E-state index contributed by atoms with van der Waals surface area (Å²) in [5, 5.41) is 3.45. The number of anilines is 1. The summed E-state index contributed by atoms with van der Waals surface area (Å²) in [5.74, 6) is 0.839. The molecule has 0 radical (unpaired) electrons. The molecule has 0 bridgehead atoms. The summed E-state index contributed by atoms with van der Waals surface area (Å²) in [5.41, 5.74) is 3.69. The molecule has 3 rings (SSSR count). The fraction of sp³-hybridized carbons (Fsp3) is 0.294. The maximum Gasteiger partial charge on any atom is 0.121 e. The molecule has 110 valence electrons. The van der Waals surface area contributed by atoms with Crippen LogP contribution in [0.4, 0.5) is 5.69 Å². The number of halogens is 1. The molecule has 4 heteroatoms. The van der Waals surface area contributed by atoms with E-state index in [2.05, 4.69) is 45.5 Å². The van der Waals surface area contributed by atoms with Crippen LogP contribution in [0.1, 0.15) is 17.2 Å². The lowest BCUT2D eigenvalue weighted by molar-refractivity contribution is 0.0513. The van der Waals surface area contributed by atoms with Gasteiger partial charge in [-0.2, -0.15) is 0 Å². The van der Waals surface area contributed by atoms with Gasteiger partial charge in [-0.25, -0.2) is 0 Å². The molecule has 0 amide bonds. The van der Waals surface area contributed by atoms with Gasteiger partial charge in [0.1, 0.15) is 5.75 Å². The van der Waals surface area contributed by atoms with Crippen molar-refractivity contribution in [2.45, 2.75) is 12.5 Å². The van der Waals surface area contributed by atoms with Gasteiger partial charge in [-0.15, -0.1) is 0 Å². The minimum atomic E-state index is 0.0908. The smallest absolute Gasteiger partial charge is 0.121 e. The summed E-state index contributed by atoms with van der Waals surface area (Å²) in [6, 6.07) is 14.4. The fourth-order valence-corrected chi connectivity index (χ4v) is 3.00. The maximum absolute atomic E-state index is 5.91.